The summed E-state index contributed by atoms with van der Waals surface area (Å²) in [5.41, 5.74) is 0. The van der Waals surface area contributed by atoms with Crippen molar-refractivity contribution < 1.29 is 0 Å². The quantitative estimate of drug-likeness (QED) is 0.828. The van der Waals surface area contributed by atoms with Gasteiger partial charge in [-0.05, 0) is 51.0 Å². The topological polar surface area (TPSA) is 24.9 Å². The molecule has 0 unspecified atom stereocenters. The van der Waals surface area contributed by atoms with Gasteiger partial charge in [0.1, 0.15) is 5.01 Å². The summed E-state index contributed by atoms with van der Waals surface area (Å²) in [6.07, 6.45) is 7.65. The normalized spacial score (nSPS) is 23.0. The third-order valence-electron chi connectivity index (χ3n) is 3.32. The second-order valence-electron chi connectivity index (χ2n) is 4.98. The van der Waals surface area contributed by atoms with Crippen LogP contribution in [0.3, 0.4) is 0 Å². The van der Waals surface area contributed by atoms with E-state index in [1.807, 2.05) is 17.5 Å². The van der Waals surface area contributed by atoms with Crippen LogP contribution >= 0.6 is 11.3 Å². The van der Waals surface area contributed by atoms with E-state index in [0.29, 0.717) is 6.04 Å². The van der Waals surface area contributed by atoms with Crippen LogP contribution in [0, 0.1) is 18.8 Å². The van der Waals surface area contributed by atoms with Crippen LogP contribution < -0.4 is 5.32 Å². The van der Waals surface area contributed by atoms with E-state index in [2.05, 4.69) is 17.2 Å². The van der Waals surface area contributed by atoms with Gasteiger partial charge in [-0.3, -0.25) is 0 Å². The first-order valence-electron chi connectivity index (χ1n) is 5.98. The first kappa shape index (κ1) is 9.79. The minimum atomic E-state index is 0.560. The number of rotatable bonds is 5. The fourth-order valence-corrected chi connectivity index (χ4v) is 2.96. The van der Waals surface area contributed by atoms with Crippen molar-refractivity contribution in [2.75, 3.05) is 6.54 Å². The molecule has 2 aliphatic carbocycles. The number of aryl methyl sites for hydroxylation is 1. The van der Waals surface area contributed by atoms with Crippen molar-refractivity contribution in [2.45, 2.75) is 38.6 Å². The summed E-state index contributed by atoms with van der Waals surface area (Å²) in [6, 6.07) is 0.560. The molecule has 0 radical (unpaired) electrons. The van der Waals surface area contributed by atoms with E-state index in [9.17, 15) is 0 Å². The highest BCUT2D eigenvalue weighted by molar-refractivity contribution is 7.11. The monoisotopic (exact) mass is 222 g/mol. The van der Waals surface area contributed by atoms with E-state index in [1.165, 1.54) is 42.1 Å². The number of thiazole rings is 1. The molecule has 0 spiro atoms. The Kier molecular flexibility index (Phi) is 2.53. The summed E-state index contributed by atoms with van der Waals surface area (Å²) in [7, 11) is 0. The Hall–Kier alpha value is -0.410. The highest BCUT2D eigenvalue weighted by atomic mass is 32.1. The minimum Gasteiger partial charge on any atom is -0.307 e. The van der Waals surface area contributed by atoms with Gasteiger partial charge in [0.25, 0.3) is 0 Å². The number of nitrogens with one attached hydrogen (secondary N) is 1. The summed E-state index contributed by atoms with van der Waals surface area (Å²) in [6.45, 7) is 3.35. The summed E-state index contributed by atoms with van der Waals surface area (Å²) < 4.78 is 0. The number of nitrogens with zero attached hydrogens (tertiary/aromatic N) is 1. The first-order chi connectivity index (χ1) is 7.33. The fourth-order valence-electron chi connectivity index (χ4n) is 2.02. The predicted octanol–water partition coefficient (Wildman–Crippen LogP) is 2.90. The van der Waals surface area contributed by atoms with Crippen LogP contribution in [0.4, 0.5) is 0 Å². The van der Waals surface area contributed by atoms with Gasteiger partial charge in [-0.25, -0.2) is 4.98 Å². The molecule has 2 nitrogen and oxygen atoms in total. The number of aromatic nitrogens is 1. The molecular formula is C12H18N2S. The van der Waals surface area contributed by atoms with Gasteiger partial charge >= 0.3 is 0 Å². The van der Waals surface area contributed by atoms with Gasteiger partial charge in [0.2, 0.25) is 0 Å². The van der Waals surface area contributed by atoms with Crippen LogP contribution in [0.1, 0.15) is 41.6 Å². The minimum absolute atomic E-state index is 0.560. The van der Waals surface area contributed by atoms with Crippen LogP contribution in [0.2, 0.25) is 0 Å². The van der Waals surface area contributed by atoms with E-state index in [4.69, 9.17) is 0 Å². The maximum absolute atomic E-state index is 4.53. The maximum Gasteiger partial charge on any atom is 0.110 e. The Morgan fingerprint density at radius 3 is 2.80 bits per heavy atom. The lowest BCUT2D eigenvalue weighted by Crippen LogP contribution is -2.25. The summed E-state index contributed by atoms with van der Waals surface area (Å²) in [5, 5.41) is 5.04. The summed E-state index contributed by atoms with van der Waals surface area (Å²) in [4.78, 5) is 5.87. The molecule has 1 N–H and O–H groups in total. The van der Waals surface area contributed by atoms with Crippen molar-refractivity contribution in [2.24, 2.45) is 11.8 Å². The van der Waals surface area contributed by atoms with Crippen LogP contribution in [0.15, 0.2) is 6.20 Å². The zero-order valence-corrected chi connectivity index (χ0v) is 10.0. The van der Waals surface area contributed by atoms with Crippen molar-refractivity contribution >= 4 is 11.3 Å². The molecule has 2 aliphatic rings. The molecule has 82 valence electrons. The predicted molar refractivity (Wildman–Crippen MR) is 63.0 cm³/mol. The van der Waals surface area contributed by atoms with Gasteiger partial charge in [0.05, 0.1) is 6.04 Å². The van der Waals surface area contributed by atoms with Crippen LogP contribution in [0.5, 0.6) is 0 Å². The molecule has 0 bridgehead atoms. The van der Waals surface area contributed by atoms with Gasteiger partial charge < -0.3 is 5.32 Å². The second kappa shape index (κ2) is 3.87. The maximum atomic E-state index is 4.53. The van der Waals surface area contributed by atoms with Crippen molar-refractivity contribution in [1.29, 1.82) is 0 Å². The van der Waals surface area contributed by atoms with Crippen molar-refractivity contribution in [1.82, 2.24) is 10.3 Å². The van der Waals surface area contributed by atoms with Crippen molar-refractivity contribution in [3.63, 3.8) is 0 Å². The Morgan fingerprint density at radius 2 is 2.27 bits per heavy atom. The Morgan fingerprint density at radius 1 is 1.47 bits per heavy atom. The highest BCUT2D eigenvalue weighted by Crippen LogP contribution is 2.42. The molecule has 2 saturated carbocycles. The molecule has 0 aromatic carbocycles. The van der Waals surface area contributed by atoms with Gasteiger partial charge in [-0.15, -0.1) is 11.3 Å². The molecule has 2 fully saturated rings. The van der Waals surface area contributed by atoms with E-state index < -0.39 is 0 Å². The number of hydrogen-bond acceptors (Lipinski definition) is 3. The molecule has 0 aliphatic heterocycles. The second-order valence-corrected chi connectivity index (χ2v) is 6.24. The van der Waals surface area contributed by atoms with Gasteiger partial charge in [-0.1, -0.05) is 0 Å². The summed E-state index contributed by atoms with van der Waals surface area (Å²) in [5.74, 6) is 1.83. The van der Waals surface area contributed by atoms with Crippen molar-refractivity contribution in [3.8, 4) is 0 Å². The van der Waals surface area contributed by atoms with Gasteiger partial charge in [-0.2, -0.15) is 0 Å². The Labute approximate surface area is 95.1 Å². The molecule has 3 rings (SSSR count). The highest BCUT2D eigenvalue weighted by Gasteiger charge is 2.35. The zero-order chi connectivity index (χ0) is 10.3. The standard InChI is InChI=1S/C12H18N2S/c1-8-6-14-12(15-8)11(10-4-5-10)13-7-9-2-3-9/h6,9-11,13H,2-5,7H2,1H3/t11-/m1/s1. The Balaban J connectivity index is 1.66. The van der Waals surface area contributed by atoms with E-state index in [-0.39, 0.29) is 0 Å². The van der Waals surface area contributed by atoms with Gasteiger partial charge in [0, 0.05) is 11.1 Å². The molecule has 1 aromatic rings. The molecule has 15 heavy (non-hydrogen) atoms. The fraction of sp³-hybridized carbons (Fsp3) is 0.750. The average molecular weight is 222 g/mol. The molecule has 3 heteroatoms. The SMILES string of the molecule is Cc1cnc([C@H](NCC2CC2)C2CC2)s1. The van der Waals surface area contributed by atoms with Crippen LogP contribution in [-0.4, -0.2) is 11.5 Å². The van der Waals surface area contributed by atoms with E-state index in [0.717, 1.165) is 11.8 Å². The zero-order valence-electron chi connectivity index (χ0n) is 9.20. The van der Waals surface area contributed by atoms with E-state index in [1.54, 1.807) is 0 Å². The Bertz CT molecular complexity index is 339. The van der Waals surface area contributed by atoms with Crippen LogP contribution in [-0.2, 0) is 0 Å². The molecule has 1 aromatic heterocycles. The molecule has 1 atom stereocenters. The smallest absolute Gasteiger partial charge is 0.110 e. The lowest BCUT2D eigenvalue weighted by molar-refractivity contribution is 0.467. The lowest BCUT2D eigenvalue weighted by atomic mass is 10.2. The largest absolute Gasteiger partial charge is 0.307 e. The van der Waals surface area contributed by atoms with E-state index >= 15 is 0 Å². The van der Waals surface area contributed by atoms with Gasteiger partial charge in [0.15, 0.2) is 0 Å². The van der Waals surface area contributed by atoms with Crippen molar-refractivity contribution in [3.05, 3.63) is 16.1 Å². The third-order valence-corrected chi connectivity index (χ3v) is 4.32. The lowest BCUT2D eigenvalue weighted by Gasteiger charge is -2.15. The summed E-state index contributed by atoms with van der Waals surface area (Å²) >= 11 is 1.86. The third kappa shape index (κ3) is 2.40. The molecule has 1 heterocycles. The molecule has 0 saturated heterocycles. The molecule has 0 amide bonds. The average Bonchev–Trinajstić information content (AvgIpc) is 3.09. The molecular weight excluding hydrogens is 204 g/mol. The number of hydrogen-bond donors (Lipinski definition) is 1. The van der Waals surface area contributed by atoms with Crippen LogP contribution in [0.25, 0.3) is 0 Å². The first-order valence-corrected chi connectivity index (χ1v) is 6.80.